The van der Waals surface area contributed by atoms with Crippen molar-refractivity contribution in [3.63, 3.8) is 0 Å². The third-order valence-corrected chi connectivity index (χ3v) is 6.60. The van der Waals surface area contributed by atoms with Gasteiger partial charge in [0.15, 0.2) is 0 Å². The SMILES string of the molecule is Cc1ccc(CN2CCc3nc(N4CCCC4)nc(NC4CC4)c3C2)s1. The molecule has 0 bridgehead atoms. The van der Waals surface area contributed by atoms with Gasteiger partial charge in [0.25, 0.3) is 0 Å². The minimum absolute atomic E-state index is 0.621. The van der Waals surface area contributed by atoms with Crippen LogP contribution in [0.2, 0.25) is 0 Å². The lowest BCUT2D eigenvalue weighted by Crippen LogP contribution is -2.32. The second kappa shape index (κ2) is 6.82. The lowest BCUT2D eigenvalue weighted by Gasteiger charge is -2.30. The molecular weight excluding hydrogens is 342 g/mol. The normalized spacial score (nSPS) is 20.4. The van der Waals surface area contributed by atoms with Crippen LogP contribution in [0.1, 0.15) is 46.7 Å². The Balaban J connectivity index is 1.40. The van der Waals surface area contributed by atoms with E-state index in [-0.39, 0.29) is 0 Å². The van der Waals surface area contributed by atoms with Gasteiger partial charge in [0.1, 0.15) is 5.82 Å². The maximum atomic E-state index is 4.98. The molecule has 4 heterocycles. The van der Waals surface area contributed by atoms with E-state index in [9.17, 15) is 0 Å². The number of aryl methyl sites for hydroxylation is 1. The Bertz CT molecular complexity index is 791. The van der Waals surface area contributed by atoms with E-state index in [1.807, 2.05) is 11.3 Å². The molecule has 0 atom stereocenters. The maximum absolute atomic E-state index is 4.98. The van der Waals surface area contributed by atoms with E-state index in [4.69, 9.17) is 9.97 Å². The number of aromatic nitrogens is 2. The zero-order valence-corrected chi connectivity index (χ0v) is 16.3. The minimum atomic E-state index is 0.621. The Morgan fingerprint density at radius 2 is 2.00 bits per heavy atom. The number of thiophene rings is 1. The Labute approximate surface area is 159 Å². The average molecular weight is 370 g/mol. The molecule has 1 aliphatic carbocycles. The van der Waals surface area contributed by atoms with Crippen LogP contribution in [0.3, 0.4) is 0 Å². The summed E-state index contributed by atoms with van der Waals surface area (Å²) in [6.07, 6.45) is 6.11. The number of rotatable bonds is 5. The summed E-state index contributed by atoms with van der Waals surface area (Å²) in [5, 5.41) is 3.69. The molecule has 0 spiro atoms. The molecule has 1 N–H and O–H groups in total. The quantitative estimate of drug-likeness (QED) is 0.873. The van der Waals surface area contributed by atoms with Crippen LogP contribution in [0.15, 0.2) is 12.1 Å². The highest BCUT2D eigenvalue weighted by atomic mass is 32.1. The van der Waals surface area contributed by atoms with Crippen LogP contribution in [0.4, 0.5) is 11.8 Å². The van der Waals surface area contributed by atoms with Gasteiger partial charge in [0, 0.05) is 60.5 Å². The second-order valence-electron chi connectivity index (χ2n) is 7.88. The molecule has 5 rings (SSSR count). The molecule has 2 aliphatic heterocycles. The van der Waals surface area contributed by atoms with Crippen LogP contribution in [-0.4, -0.2) is 40.5 Å². The van der Waals surface area contributed by atoms with Crippen molar-refractivity contribution in [2.75, 3.05) is 29.9 Å². The van der Waals surface area contributed by atoms with Gasteiger partial charge in [-0.3, -0.25) is 4.90 Å². The Morgan fingerprint density at radius 3 is 2.73 bits per heavy atom. The fourth-order valence-corrected chi connectivity index (χ4v) is 4.91. The largest absolute Gasteiger partial charge is 0.367 e. The van der Waals surface area contributed by atoms with Crippen molar-refractivity contribution >= 4 is 23.1 Å². The molecule has 3 aliphatic rings. The molecule has 0 radical (unpaired) electrons. The van der Waals surface area contributed by atoms with Gasteiger partial charge in [-0.1, -0.05) is 0 Å². The van der Waals surface area contributed by atoms with Crippen LogP contribution in [0, 0.1) is 6.92 Å². The van der Waals surface area contributed by atoms with Gasteiger partial charge in [0.2, 0.25) is 5.95 Å². The van der Waals surface area contributed by atoms with Crippen molar-refractivity contribution < 1.29 is 0 Å². The van der Waals surface area contributed by atoms with Crippen molar-refractivity contribution in [3.05, 3.63) is 33.1 Å². The van der Waals surface area contributed by atoms with Crippen molar-refractivity contribution in [3.8, 4) is 0 Å². The third kappa shape index (κ3) is 3.45. The summed E-state index contributed by atoms with van der Waals surface area (Å²) < 4.78 is 0. The van der Waals surface area contributed by atoms with E-state index in [2.05, 4.69) is 34.2 Å². The van der Waals surface area contributed by atoms with Gasteiger partial charge in [-0.2, -0.15) is 4.98 Å². The second-order valence-corrected chi connectivity index (χ2v) is 9.26. The first-order valence-corrected chi connectivity index (χ1v) is 10.8. The maximum Gasteiger partial charge on any atom is 0.227 e. The summed E-state index contributed by atoms with van der Waals surface area (Å²) in [7, 11) is 0. The number of nitrogens with zero attached hydrogens (tertiary/aromatic N) is 4. The van der Waals surface area contributed by atoms with Crippen LogP contribution < -0.4 is 10.2 Å². The number of hydrogen-bond donors (Lipinski definition) is 1. The first kappa shape index (κ1) is 16.5. The fourth-order valence-electron chi connectivity index (χ4n) is 3.98. The van der Waals surface area contributed by atoms with E-state index in [1.165, 1.54) is 46.7 Å². The van der Waals surface area contributed by atoms with Crippen LogP contribution in [0.5, 0.6) is 0 Å². The molecule has 138 valence electrons. The fraction of sp³-hybridized carbons (Fsp3) is 0.600. The molecule has 1 saturated carbocycles. The standard InChI is InChI=1S/C20H27N5S/c1-14-4-7-16(26-14)12-24-11-8-18-17(13-24)19(21-15-5-6-15)23-20(22-18)25-9-2-3-10-25/h4,7,15H,2-3,5-6,8-13H2,1H3,(H,21,22,23). The molecule has 0 amide bonds. The molecule has 26 heavy (non-hydrogen) atoms. The number of anilines is 2. The first-order valence-electron chi connectivity index (χ1n) is 9.93. The average Bonchev–Trinajstić information content (AvgIpc) is 3.12. The van der Waals surface area contributed by atoms with Crippen molar-refractivity contribution in [1.82, 2.24) is 14.9 Å². The molecule has 6 heteroatoms. The van der Waals surface area contributed by atoms with Gasteiger partial charge < -0.3 is 10.2 Å². The summed E-state index contributed by atoms with van der Waals surface area (Å²) in [5.74, 6) is 2.05. The number of fused-ring (bicyclic) bond motifs is 1. The van der Waals surface area contributed by atoms with E-state index < -0.39 is 0 Å². The topological polar surface area (TPSA) is 44.3 Å². The summed E-state index contributed by atoms with van der Waals surface area (Å²) in [5.41, 5.74) is 2.60. The lowest BCUT2D eigenvalue weighted by molar-refractivity contribution is 0.245. The van der Waals surface area contributed by atoms with Crippen LogP contribution in [-0.2, 0) is 19.5 Å². The van der Waals surface area contributed by atoms with Crippen molar-refractivity contribution in [2.24, 2.45) is 0 Å². The van der Waals surface area contributed by atoms with Crippen LogP contribution >= 0.6 is 11.3 Å². The van der Waals surface area contributed by atoms with Gasteiger partial charge in [0.05, 0.1) is 5.69 Å². The molecule has 2 aromatic heterocycles. The zero-order valence-electron chi connectivity index (χ0n) is 15.5. The van der Waals surface area contributed by atoms with Gasteiger partial charge in [-0.05, 0) is 44.7 Å². The highest BCUT2D eigenvalue weighted by molar-refractivity contribution is 7.11. The summed E-state index contributed by atoms with van der Waals surface area (Å²) in [4.78, 5) is 17.7. The molecule has 2 aromatic rings. The highest BCUT2D eigenvalue weighted by Crippen LogP contribution is 2.32. The first-order chi connectivity index (χ1) is 12.7. The predicted molar refractivity (Wildman–Crippen MR) is 107 cm³/mol. The minimum Gasteiger partial charge on any atom is -0.367 e. The van der Waals surface area contributed by atoms with Crippen molar-refractivity contribution in [2.45, 2.75) is 58.2 Å². The predicted octanol–water partition coefficient (Wildman–Crippen LogP) is 3.58. The molecule has 0 aromatic carbocycles. The van der Waals surface area contributed by atoms with E-state index in [1.54, 1.807) is 0 Å². The smallest absolute Gasteiger partial charge is 0.227 e. The molecule has 0 unspecified atom stereocenters. The summed E-state index contributed by atoms with van der Waals surface area (Å²) in [6, 6.07) is 5.12. The highest BCUT2D eigenvalue weighted by Gasteiger charge is 2.28. The number of nitrogens with one attached hydrogen (secondary N) is 1. The van der Waals surface area contributed by atoms with E-state index in [0.717, 1.165) is 50.9 Å². The third-order valence-electron chi connectivity index (χ3n) is 5.61. The number of hydrogen-bond acceptors (Lipinski definition) is 6. The molecular formula is C20H27N5S. The van der Waals surface area contributed by atoms with Crippen LogP contribution in [0.25, 0.3) is 0 Å². The molecule has 1 saturated heterocycles. The van der Waals surface area contributed by atoms with Gasteiger partial charge in [-0.15, -0.1) is 11.3 Å². The Morgan fingerprint density at radius 1 is 1.15 bits per heavy atom. The Kier molecular flexibility index (Phi) is 4.33. The van der Waals surface area contributed by atoms with Gasteiger partial charge in [-0.25, -0.2) is 4.98 Å². The van der Waals surface area contributed by atoms with E-state index in [0.29, 0.717) is 6.04 Å². The monoisotopic (exact) mass is 369 g/mol. The van der Waals surface area contributed by atoms with Crippen molar-refractivity contribution in [1.29, 1.82) is 0 Å². The lowest BCUT2D eigenvalue weighted by atomic mass is 10.1. The summed E-state index contributed by atoms with van der Waals surface area (Å²) in [6.45, 7) is 7.47. The molecule has 5 nitrogen and oxygen atoms in total. The zero-order chi connectivity index (χ0) is 17.5. The van der Waals surface area contributed by atoms with E-state index >= 15 is 0 Å². The summed E-state index contributed by atoms with van der Waals surface area (Å²) >= 11 is 1.91. The van der Waals surface area contributed by atoms with Gasteiger partial charge >= 0.3 is 0 Å². The molecule has 2 fully saturated rings. The Hall–Kier alpha value is -1.66.